The van der Waals surface area contributed by atoms with E-state index in [-0.39, 0.29) is 5.91 Å². The summed E-state index contributed by atoms with van der Waals surface area (Å²) in [6, 6.07) is 7.94. The number of nitrogens with two attached hydrogens (primary N) is 1. The van der Waals surface area contributed by atoms with Gasteiger partial charge in [-0.1, -0.05) is 24.3 Å². The average Bonchev–Trinajstić information content (AvgIpc) is 2.41. The SMILES string of the molecule is COCCCN(C)Cc1ccccc1CC(=O)NN. The zero-order valence-electron chi connectivity index (χ0n) is 11.7. The highest BCUT2D eigenvalue weighted by atomic mass is 16.5. The van der Waals surface area contributed by atoms with Crippen molar-refractivity contribution in [2.24, 2.45) is 5.84 Å². The van der Waals surface area contributed by atoms with Crippen LogP contribution in [-0.4, -0.2) is 38.1 Å². The molecule has 0 spiro atoms. The Morgan fingerprint density at radius 1 is 1.37 bits per heavy atom. The van der Waals surface area contributed by atoms with Crippen molar-refractivity contribution >= 4 is 5.91 Å². The number of hydrogen-bond donors (Lipinski definition) is 2. The Bertz CT molecular complexity index is 396. The van der Waals surface area contributed by atoms with Crippen LogP contribution in [0, 0.1) is 0 Å². The molecule has 0 aliphatic carbocycles. The van der Waals surface area contributed by atoms with Gasteiger partial charge in [-0.2, -0.15) is 0 Å². The van der Waals surface area contributed by atoms with Crippen LogP contribution in [0.2, 0.25) is 0 Å². The highest BCUT2D eigenvalue weighted by molar-refractivity contribution is 5.78. The van der Waals surface area contributed by atoms with Gasteiger partial charge in [-0.15, -0.1) is 0 Å². The highest BCUT2D eigenvalue weighted by Crippen LogP contribution is 2.12. The lowest BCUT2D eigenvalue weighted by Crippen LogP contribution is -2.32. The molecule has 0 saturated heterocycles. The van der Waals surface area contributed by atoms with E-state index in [1.54, 1.807) is 7.11 Å². The predicted octanol–water partition coefficient (Wildman–Crippen LogP) is 0.687. The maximum absolute atomic E-state index is 11.4. The first-order chi connectivity index (χ1) is 9.17. The molecule has 5 heteroatoms. The molecule has 0 atom stereocenters. The maximum Gasteiger partial charge on any atom is 0.238 e. The van der Waals surface area contributed by atoms with Gasteiger partial charge in [0.05, 0.1) is 6.42 Å². The number of benzene rings is 1. The molecule has 0 bridgehead atoms. The van der Waals surface area contributed by atoms with Gasteiger partial charge in [0.2, 0.25) is 5.91 Å². The zero-order valence-corrected chi connectivity index (χ0v) is 11.7. The van der Waals surface area contributed by atoms with Crippen molar-refractivity contribution in [2.45, 2.75) is 19.4 Å². The quantitative estimate of drug-likeness (QED) is 0.314. The molecule has 0 heterocycles. The summed E-state index contributed by atoms with van der Waals surface area (Å²) in [7, 11) is 3.77. The monoisotopic (exact) mass is 265 g/mol. The van der Waals surface area contributed by atoms with Crippen molar-refractivity contribution in [1.82, 2.24) is 10.3 Å². The first-order valence-corrected chi connectivity index (χ1v) is 6.41. The third kappa shape index (κ3) is 5.83. The minimum absolute atomic E-state index is 0.172. The summed E-state index contributed by atoms with van der Waals surface area (Å²) in [5.41, 5.74) is 4.34. The third-order valence-electron chi connectivity index (χ3n) is 2.96. The van der Waals surface area contributed by atoms with E-state index < -0.39 is 0 Å². The zero-order chi connectivity index (χ0) is 14.1. The Morgan fingerprint density at radius 2 is 2.05 bits per heavy atom. The summed E-state index contributed by atoms with van der Waals surface area (Å²) in [6.45, 7) is 2.55. The number of rotatable bonds is 8. The van der Waals surface area contributed by atoms with Gasteiger partial charge in [-0.25, -0.2) is 5.84 Å². The predicted molar refractivity (Wildman–Crippen MR) is 75.3 cm³/mol. The molecule has 0 aliphatic rings. The van der Waals surface area contributed by atoms with Crippen LogP contribution >= 0.6 is 0 Å². The van der Waals surface area contributed by atoms with E-state index in [9.17, 15) is 4.79 Å². The average molecular weight is 265 g/mol. The van der Waals surface area contributed by atoms with Crippen molar-refractivity contribution in [1.29, 1.82) is 0 Å². The number of amides is 1. The van der Waals surface area contributed by atoms with E-state index in [2.05, 4.69) is 17.4 Å². The molecule has 1 amide bonds. The van der Waals surface area contributed by atoms with E-state index in [0.29, 0.717) is 6.42 Å². The molecule has 3 N–H and O–H groups in total. The lowest BCUT2D eigenvalue weighted by Gasteiger charge is -2.18. The maximum atomic E-state index is 11.4. The second-order valence-electron chi connectivity index (χ2n) is 4.60. The fourth-order valence-corrected chi connectivity index (χ4v) is 1.96. The fraction of sp³-hybridized carbons (Fsp3) is 0.500. The molecule has 1 aromatic rings. The van der Waals surface area contributed by atoms with Gasteiger partial charge >= 0.3 is 0 Å². The Hall–Kier alpha value is -1.43. The van der Waals surface area contributed by atoms with Crippen molar-refractivity contribution in [2.75, 3.05) is 27.3 Å². The first-order valence-electron chi connectivity index (χ1n) is 6.41. The summed E-state index contributed by atoms with van der Waals surface area (Å²) < 4.78 is 5.04. The normalized spacial score (nSPS) is 10.7. The van der Waals surface area contributed by atoms with Gasteiger partial charge in [-0.05, 0) is 24.6 Å². The highest BCUT2D eigenvalue weighted by Gasteiger charge is 2.08. The van der Waals surface area contributed by atoms with Gasteiger partial charge < -0.3 is 9.64 Å². The lowest BCUT2D eigenvalue weighted by atomic mass is 10.0. The summed E-state index contributed by atoms with van der Waals surface area (Å²) >= 11 is 0. The fourth-order valence-electron chi connectivity index (χ4n) is 1.96. The largest absolute Gasteiger partial charge is 0.385 e. The molecule has 0 saturated carbocycles. The number of hydrogen-bond acceptors (Lipinski definition) is 4. The summed E-state index contributed by atoms with van der Waals surface area (Å²) in [5, 5.41) is 0. The van der Waals surface area contributed by atoms with Gasteiger partial charge in [0.15, 0.2) is 0 Å². The topological polar surface area (TPSA) is 67.6 Å². The number of carbonyl (C=O) groups excluding carboxylic acids is 1. The third-order valence-corrected chi connectivity index (χ3v) is 2.96. The summed E-state index contributed by atoms with van der Waals surface area (Å²) in [4.78, 5) is 13.6. The van der Waals surface area contributed by atoms with Crippen LogP contribution < -0.4 is 11.3 Å². The summed E-state index contributed by atoms with van der Waals surface area (Å²) in [5.74, 6) is 4.96. The molecule has 0 unspecified atom stereocenters. The van der Waals surface area contributed by atoms with Gasteiger partial charge in [-0.3, -0.25) is 10.2 Å². The number of carbonyl (C=O) groups is 1. The molecule has 1 rings (SSSR count). The molecule has 0 aliphatic heterocycles. The minimum atomic E-state index is -0.172. The molecule has 1 aromatic carbocycles. The second kappa shape index (κ2) is 8.63. The Morgan fingerprint density at radius 3 is 2.68 bits per heavy atom. The van der Waals surface area contributed by atoms with Crippen molar-refractivity contribution in [3.05, 3.63) is 35.4 Å². The van der Waals surface area contributed by atoms with E-state index in [0.717, 1.165) is 37.2 Å². The smallest absolute Gasteiger partial charge is 0.238 e. The molecular weight excluding hydrogens is 242 g/mol. The standard InChI is InChI=1S/C14H23N3O2/c1-17(8-5-9-19-2)11-13-7-4-3-6-12(13)10-14(18)16-15/h3-4,6-7H,5,8-11,15H2,1-2H3,(H,16,18). The number of ether oxygens (including phenoxy) is 1. The van der Waals surface area contributed by atoms with Crippen LogP contribution in [-0.2, 0) is 22.5 Å². The van der Waals surface area contributed by atoms with Gasteiger partial charge in [0.25, 0.3) is 0 Å². The Kier molecular flexibility index (Phi) is 7.10. The van der Waals surface area contributed by atoms with Crippen LogP contribution in [0.1, 0.15) is 17.5 Å². The lowest BCUT2D eigenvalue weighted by molar-refractivity contribution is -0.120. The number of hydrazine groups is 1. The number of nitrogens with zero attached hydrogens (tertiary/aromatic N) is 1. The molecule has 5 nitrogen and oxygen atoms in total. The molecule has 0 aromatic heterocycles. The molecule has 19 heavy (non-hydrogen) atoms. The van der Waals surface area contributed by atoms with Crippen LogP contribution in [0.5, 0.6) is 0 Å². The Balaban J connectivity index is 2.59. The van der Waals surface area contributed by atoms with E-state index in [1.807, 2.05) is 24.3 Å². The van der Waals surface area contributed by atoms with Gasteiger partial charge in [0, 0.05) is 26.8 Å². The van der Waals surface area contributed by atoms with Crippen LogP contribution in [0.25, 0.3) is 0 Å². The van der Waals surface area contributed by atoms with Crippen LogP contribution in [0.4, 0.5) is 0 Å². The molecule has 106 valence electrons. The van der Waals surface area contributed by atoms with Crippen LogP contribution in [0.3, 0.4) is 0 Å². The van der Waals surface area contributed by atoms with Crippen molar-refractivity contribution in [3.63, 3.8) is 0 Å². The second-order valence-corrected chi connectivity index (χ2v) is 4.60. The van der Waals surface area contributed by atoms with E-state index in [4.69, 9.17) is 10.6 Å². The van der Waals surface area contributed by atoms with Crippen LogP contribution in [0.15, 0.2) is 24.3 Å². The first kappa shape index (κ1) is 15.6. The van der Waals surface area contributed by atoms with E-state index >= 15 is 0 Å². The molecule has 0 fully saturated rings. The van der Waals surface area contributed by atoms with Crippen molar-refractivity contribution in [3.8, 4) is 0 Å². The number of nitrogens with one attached hydrogen (secondary N) is 1. The van der Waals surface area contributed by atoms with Gasteiger partial charge in [0.1, 0.15) is 0 Å². The van der Waals surface area contributed by atoms with Crippen molar-refractivity contribution < 1.29 is 9.53 Å². The minimum Gasteiger partial charge on any atom is -0.385 e. The molecular formula is C14H23N3O2. The number of methoxy groups -OCH3 is 1. The Labute approximate surface area is 114 Å². The van der Waals surface area contributed by atoms with E-state index in [1.165, 1.54) is 0 Å². The molecule has 0 radical (unpaired) electrons. The summed E-state index contributed by atoms with van der Waals surface area (Å²) in [6.07, 6.45) is 1.32.